The normalized spacial score (nSPS) is 12.4. The molecule has 0 fully saturated rings. The van der Waals surface area contributed by atoms with Crippen LogP contribution in [-0.2, 0) is 10.0 Å². The lowest BCUT2D eigenvalue weighted by molar-refractivity contribution is -0.387. The van der Waals surface area contributed by atoms with E-state index in [0.717, 1.165) is 6.07 Å². The summed E-state index contributed by atoms with van der Waals surface area (Å²) in [6.45, 7) is -2.32. The Morgan fingerprint density at radius 3 is 2.45 bits per heavy atom. The van der Waals surface area contributed by atoms with Crippen molar-refractivity contribution >= 4 is 15.7 Å². The molecule has 7 nitrogen and oxygen atoms in total. The number of hydrogen-bond donors (Lipinski definition) is 2. The number of benzene rings is 1. The first-order chi connectivity index (χ1) is 9.09. The topological polar surface area (TPSA) is 115 Å². The summed E-state index contributed by atoms with van der Waals surface area (Å²) in [6, 6.07) is 1.75. The highest BCUT2D eigenvalue weighted by Crippen LogP contribution is 2.21. The zero-order valence-corrected chi connectivity index (χ0v) is 10.7. The van der Waals surface area contributed by atoms with Crippen LogP contribution in [0.15, 0.2) is 23.1 Å². The molecule has 1 aromatic carbocycles. The number of nitrogens with one attached hydrogen (secondary N) is 1. The van der Waals surface area contributed by atoms with Crippen LogP contribution in [-0.4, -0.2) is 32.4 Å². The molecular formula is C9H10F3N3O4S. The molecule has 11 heteroatoms. The van der Waals surface area contributed by atoms with E-state index in [0.29, 0.717) is 12.1 Å². The van der Waals surface area contributed by atoms with Crippen LogP contribution in [0.1, 0.15) is 0 Å². The van der Waals surface area contributed by atoms with Crippen LogP contribution >= 0.6 is 0 Å². The van der Waals surface area contributed by atoms with Gasteiger partial charge in [0, 0.05) is 12.1 Å². The summed E-state index contributed by atoms with van der Waals surface area (Å²) in [5, 5.41) is 10.4. The Morgan fingerprint density at radius 1 is 1.40 bits per heavy atom. The molecule has 3 N–H and O–H groups in total. The lowest BCUT2D eigenvalue weighted by Gasteiger charge is -2.14. The second-order valence-corrected chi connectivity index (χ2v) is 5.52. The molecule has 0 bridgehead atoms. The number of rotatable bonds is 6. The fourth-order valence-corrected chi connectivity index (χ4v) is 2.23. The van der Waals surface area contributed by atoms with Gasteiger partial charge in [-0.05, 0) is 6.07 Å². The van der Waals surface area contributed by atoms with Gasteiger partial charge in [0.15, 0.2) is 0 Å². The summed E-state index contributed by atoms with van der Waals surface area (Å²) >= 11 is 0. The van der Waals surface area contributed by atoms with Crippen LogP contribution in [0.2, 0.25) is 0 Å². The average molecular weight is 313 g/mol. The molecule has 0 radical (unpaired) electrons. The Morgan fingerprint density at radius 2 is 2.00 bits per heavy atom. The first kappa shape index (κ1) is 16.3. The Kier molecular flexibility index (Phi) is 4.68. The van der Waals surface area contributed by atoms with Crippen molar-refractivity contribution in [3.05, 3.63) is 34.1 Å². The number of nitrogens with zero attached hydrogens (tertiary/aromatic N) is 1. The van der Waals surface area contributed by atoms with Crippen molar-refractivity contribution in [2.24, 2.45) is 5.73 Å². The van der Waals surface area contributed by atoms with Crippen molar-refractivity contribution in [1.29, 1.82) is 0 Å². The van der Waals surface area contributed by atoms with Crippen molar-refractivity contribution < 1.29 is 26.5 Å². The number of halogens is 3. The smallest absolute Gasteiger partial charge is 0.304 e. The molecule has 0 atom stereocenters. The summed E-state index contributed by atoms with van der Waals surface area (Å²) in [6.07, 6.45) is 0. The second-order valence-electron chi connectivity index (χ2n) is 3.75. The third-order valence-corrected chi connectivity index (χ3v) is 3.64. The largest absolute Gasteiger partial charge is 0.325 e. The SMILES string of the molecule is NCC(F)(F)CNS(=O)(=O)c1ccc([N+](=O)[O-])c(F)c1. The van der Waals surface area contributed by atoms with E-state index >= 15 is 0 Å². The zero-order valence-electron chi connectivity index (χ0n) is 9.85. The molecule has 0 saturated heterocycles. The molecular weight excluding hydrogens is 303 g/mol. The zero-order chi connectivity index (χ0) is 15.6. The first-order valence-electron chi connectivity index (χ1n) is 5.10. The third kappa shape index (κ3) is 3.88. The Labute approximate surface area is 111 Å². The maximum atomic E-state index is 13.3. The predicted octanol–water partition coefficient (Wildman–Crippen LogP) is 0.606. The van der Waals surface area contributed by atoms with Crippen LogP contribution in [0, 0.1) is 15.9 Å². The highest BCUT2D eigenvalue weighted by Gasteiger charge is 2.30. The van der Waals surface area contributed by atoms with E-state index in [-0.39, 0.29) is 0 Å². The highest BCUT2D eigenvalue weighted by molar-refractivity contribution is 7.89. The maximum Gasteiger partial charge on any atom is 0.304 e. The van der Waals surface area contributed by atoms with E-state index in [1.165, 1.54) is 0 Å². The molecule has 0 amide bonds. The molecule has 1 rings (SSSR count). The molecule has 20 heavy (non-hydrogen) atoms. The minimum atomic E-state index is -4.42. The van der Waals surface area contributed by atoms with E-state index in [2.05, 4.69) is 0 Å². The van der Waals surface area contributed by atoms with Crippen molar-refractivity contribution in [2.75, 3.05) is 13.1 Å². The van der Waals surface area contributed by atoms with E-state index in [4.69, 9.17) is 5.73 Å². The lowest BCUT2D eigenvalue weighted by atomic mass is 10.3. The van der Waals surface area contributed by atoms with Gasteiger partial charge in [-0.15, -0.1) is 0 Å². The molecule has 0 spiro atoms. The fraction of sp³-hybridized carbons (Fsp3) is 0.333. The van der Waals surface area contributed by atoms with Crippen LogP contribution < -0.4 is 10.5 Å². The number of hydrogen-bond acceptors (Lipinski definition) is 5. The van der Waals surface area contributed by atoms with Crippen LogP contribution in [0.25, 0.3) is 0 Å². The molecule has 0 unspecified atom stereocenters. The Balaban J connectivity index is 2.99. The number of sulfonamides is 1. The summed E-state index contributed by atoms with van der Waals surface area (Å²) in [5.41, 5.74) is 3.81. The molecule has 1 aromatic rings. The van der Waals surface area contributed by atoms with Gasteiger partial charge in [-0.3, -0.25) is 10.1 Å². The average Bonchev–Trinajstić information content (AvgIpc) is 2.36. The van der Waals surface area contributed by atoms with Gasteiger partial charge in [-0.2, -0.15) is 4.39 Å². The van der Waals surface area contributed by atoms with Crippen LogP contribution in [0.3, 0.4) is 0 Å². The number of alkyl halides is 2. The maximum absolute atomic E-state index is 13.3. The van der Waals surface area contributed by atoms with Gasteiger partial charge in [0.25, 0.3) is 5.92 Å². The van der Waals surface area contributed by atoms with Crippen molar-refractivity contribution in [3.8, 4) is 0 Å². The molecule has 0 aliphatic carbocycles. The predicted molar refractivity (Wildman–Crippen MR) is 62.2 cm³/mol. The molecule has 0 heterocycles. The van der Waals surface area contributed by atoms with Gasteiger partial charge < -0.3 is 5.73 Å². The van der Waals surface area contributed by atoms with Gasteiger partial charge in [0.1, 0.15) is 0 Å². The van der Waals surface area contributed by atoms with E-state index in [1.54, 1.807) is 4.72 Å². The number of nitro benzene ring substituents is 1. The summed E-state index contributed by atoms with van der Waals surface area (Å²) in [7, 11) is -4.42. The highest BCUT2D eigenvalue weighted by atomic mass is 32.2. The van der Waals surface area contributed by atoms with Gasteiger partial charge in [0.2, 0.25) is 15.8 Å². The van der Waals surface area contributed by atoms with Gasteiger partial charge in [-0.25, -0.2) is 21.9 Å². The fourth-order valence-electron chi connectivity index (χ4n) is 1.16. The third-order valence-electron chi connectivity index (χ3n) is 2.25. The standard InChI is InChI=1S/C9H10F3N3O4S/c10-7-3-6(1-2-8(7)15(16)17)20(18,19)14-5-9(11,12)4-13/h1-3,14H,4-5,13H2. The minimum absolute atomic E-state index is 0.376. The van der Waals surface area contributed by atoms with Gasteiger partial charge in [-0.1, -0.05) is 0 Å². The molecule has 0 aliphatic rings. The van der Waals surface area contributed by atoms with Gasteiger partial charge in [0.05, 0.1) is 22.9 Å². The number of nitrogens with two attached hydrogens (primary N) is 1. The summed E-state index contributed by atoms with van der Waals surface area (Å²) < 4.78 is 63.7. The lowest BCUT2D eigenvalue weighted by Crippen LogP contribution is -2.41. The minimum Gasteiger partial charge on any atom is -0.325 e. The molecule has 0 aliphatic heterocycles. The van der Waals surface area contributed by atoms with E-state index in [1.807, 2.05) is 0 Å². The molecule has 112 valence electrons. The Bertz CT molecular complexity index is 621. The van der Waals surface area contributed by atoms with Crippen LogP contribution in [0.5, 0.6) is 0 Å². The first-order valence-corrected chi connectivity index (χ1v) is 6.59. The van der Waals surface area contributed by atoms with E-state index < -0.39 is 50.4 Å². The van der Waals surface area contributed by atoms with Crippen molar-refractivity contribution in [1.82, 2.24) is 4.72 Å². The van der Waals surface area contributed by atoms with Gasteiger partial charge >= 0.3 is 5.69 Å². The number of nitro groups is 1. The molecule has 0 aromatic heterocycles. The van der Waals surface area contributed by atoms with E-state index in [9.17, 15) is 31.7 Å². The summed E-state index contributed by atoms with van der Waals surface area (Å²) in [4.78, 5) is 8.63. The molecule has 0 saturated carbocycles. The quantitative estimate of drug-likeness (QED) is 0.589. The van der Waals surface area contributed by atoms with Crippen molar-refractivity contribution in [3.63, 3.8) is 0 Å². The second kappa shape index (κ2) is 5.73. The Hall–Kier alpha value is -1.72. The monoisotopic (exact) mass is 313 g/mol. The van der Waals surface area contributed by atoms with Crippen LogP contribution in [0.4, 0.5) is 18.9 Å². The van der Waals surface area contributed by atoms with Crippen molar-refractivity contribution in [2.45, 2.75) is 10.8 Å². The summed E-state index contributed by atoms with van der Waals surface area (Å²) in [5.74, 6) is -4.84.